The van der Waals surface area contributed by atoms with Crippen LogP contribution in [0.5, 0.6) is 17.2 Å². The summed E-state index contributed by atoms with van der Waals surface area (Å²) in [5.41, 5.74) is 5.69. The van der Waals surface area contributed by atoms with Crippen LogP contribution in [0.3, 0.4) is 0 Å². The number of hydrogen-bond acceptors (Lipinski definition) is 5. The monoisotopic (exact) mass is 370 g/mol. The average Bonchev–Trinajstić information content (AvgIpc) is 2.69. The summed E-state index contributed by atoms with van der Waals surface area (Å²) < 4.78 is 15.7. The Balaban J connectivity index is 1.82. The van der Waals surface area contributed by atoms with Crippen LogP contribution in [-0.4, -0.2) is 33.5 Å². The van der Waals surface area contributed by atoms with Gasteiger partial charge in [-0.3, -0.25) is 4.79 Å². The van der Waals surface area contributed by atoms with Gasteiger partial charge in [-0.05, 0) is 55.2 Å². The van der Waals surface area contributed by atoms with E-state index in [-0.39, 0.29) is 5.91 Å². The number of hydrazone groups is 1. The molecule has 2 aromatic rings. The highest BCUT2D eigenvalue weighted by Gasteiger charge is 2.05. The quantitative estimate of drug-likeness (QED) is 0.542. The molecule has 6 nitrogen and oxygen atoms in total. The minimum Gasteiger partial charge on any atom is -0.497 e. The smallest absolute Gasteiger partial charge is 0.240 e. The Hall–Kier alpha value is -3.02. The maximum atomic E-state index is 12.0. The van der Waals surface area contributed by atoms with Crippen LogP contribution < -0.4 is 19.6 Å². The lowest BCUT2D eigenvalue weighted by Crippen LogP contribution is -2.17. The zero-order valence-corrected chi connectivity index (χ0v) is 16.2. The second kappa shape index (κ2) is 10.2. The van der Waals surface area contributed by atoms with E-state index in [0.29, 0.717) is 17.9 Å². The van der Waals surface area contributed by atoms with Gasteiger partial charge in [-0.1, -0.05) is 6.07 Å². The van der Waals surface area contributed by atoms with Crippen molar-refractivity contribution in [3.63, 3.8) is 0 Å². The fourth-order valence-corrected chi connectivity index (χ4v) is 2.67. The molecular weight excluding hydrogens is 344 g/mol. The van der Waals surface area contributed by atoms with Gasteiger partial charge in [-0.2, -0.15) is 5.10 Å². The molecule has 2 aromatic carbocycles. The lowest BCUT2D eigenvalue weighted by atomic mass is 10.0. The molecule has 0 bridgehead atoms. The van der Waals surface area contributed by atoms with Gasteiger partial charge in [0.1, 0.15) is 17.2 Å². The van der Waals surface area contributed by atoms with Crippen molar-refractivity contribution in [3.05, 3.63) is 53.1 Å². The van der Waals surface area contributed by atoms with Gasteiger partial charge in [-0.15, -0.1) is 0 Å². The zero-order valence-electron chi connectivity index (χ0n) is 16.2. The number of ether oxygens (including phenoxy) is 3. The molecule has 0 saturated carbocycles. The molecule has 0 aliphatic heterocycles. The second-order valence-corrected chi connectivity index (χ2v) is 6.05. The second-order valence-electron chi connectivity index (χ2n) is 6.05. The van der Waals surface area contributed by atoms with Gasteiger partial charge in [-0.25, -0.2) is 5.43 Å². The molecule has 1 amide bonds. The number of methoxy groups -OCH3 is 3. The first kappa shape index (κ1) is 20.3. The van der Waals surface area contributed by atoms with Gasteiger partial charge in [0, 0.05) is 18.1 Å². The SMILES string of the molecule is COc1ccc(CCCC(=O)N/N=C\c2ccc(OC)cc2OC)c(C)c1. The molecule has 144 valence electrons. The normalized spacial score (nSPS) is 10.7. The number of aryl methyl sites for hydroxylation is 2. The van der Waals surface area contributed by atoms with Crippen LogP contribution in [0.25, 0.3) is 0 Å². The van der Waals surface area contributed by atoms with Crippen molar-refractivity contribution in [1.82, 2.24) is 5.43 Å². The predicted molar refractivity (Wildman–Crippen MR) is 106 cm³/mol. The number of amides is 1. The maximum Gasteiger partial charge on any atom is 0.240 e. The largest absolute Gasteiger partial charge is 0.497 e. The molecule has 0 heterocycles. The number of carbonyl (C=O) groups excluding carboxylic acids is 1. The number of nitrogens with one attached hydrogen (secondary N) is 1. The molecule has 0 saturated heterocycles. The van der Waals surface area contributed by atoms with Crippen LogP contribution >= 0.6 is 0 Å². The Labute approximate surface area is 160 Å². The molecule has 27 heavy (non-hydrogen) atoms. The molecule has 0 atom stereocenters. The van der Waals surface area contributed by atoms with E-state index in [2.05, 4.69) is 10.5 Å². The first-order valence-electron chi connectivity index (χ1n) is 8.74. The van der Waals surface area contributed by atoms with E-state index in [1.54, 1.807) is 33.6 Å². The van der Waals surface area contributed by atoms with E-state index in [4.69, 9.17) is 14.2 Å². The molecule has 6 heteroatoms. The molecule has 0 aromatic heterocycles. The summed E-state index contributed by atoms with van der Waals surface area (Å²) in [5, 5.41) is 4.01. The van der Waals surface area contributed by atoms with Crippen LogP contribution in [0.2, 0.25) is 0 Å². The van der Waals surface area contributed by atoms with Crippen molar-refractivity contribution in [2.24, 2.45) is 5.10 Å². The van der Waals surface area contributed by atoms with Crippen LogP contribution in [-0.2, 0) is 11.2 Å². The predicted octanol–water partition coefficient (Wildman–Crippen LogP) is 3.49. The Morgan fingerprint density at radius 3 is 2.41 bits per heavy atom. The summed E-state index contributed by atoms with van der Waals surface area (Å²) in [4.78, 5) is 12.0. The number of benzene rings is 2. The third-order valence-electron chi connectivity index (χ3n) is 4.23. The van der Waals surface area contributed by atoms with E-state index in [1.807, 2.05) is 37.3 Å². The molecule has 0 radical (unpaired) electrons. The summed E-state index contributed by atoms with van der Waals surface area (Å²) in [5.74, 6) is 2.05. The fraction of sp³-hybridized carbons (Fsp3) is 0.333. The van der Waals surface area contributed by atoms with Crippen LogP contribution in [0.4, 0.5) is 0 Å². The standard InChI is InChI=1S/C21H26N2O4/c1-15-12-18(25-2)10-8-16(15)6-5-7-21(24)23-22-14-17-9-11-19(26-3)13-20(17)27-4/h8-14H,5-7H2,1-4H3,(H,23,24)/b22-14-. The van der Waals surface area contributed by atoms with E-state index >= 15 is 0 Å². The van der Waals surface area contributed by atoms with Gasteiger partial charge in [0.2, 0.25) is 5.91 Å². The molecule has 0 spiro atoms. The van der Waals surface area contributed by atoms with E-state index in [1.165, 1.54) is 11.1 Å². The van der Waals surface area contributed by atoms with Gasteiger partial charge >= 0.3 is 0 Å². The molecule has 0 aliphatic carbocycles. The molecular formula is C21H26N2O4. The average molecular weight is 370 g/mol. The summed E-state index contributed by atoms with van der Waals surface area (Å²) in [6.07, 6.45) is 3.55. The Bertz CT molecular complexity index is 803. The maximum absolute atomic E-state index is 12.0. The van der Waals surface area contributed by atoms with E-state index in [9.17, 15) is 4.79 Å². The van der Waals surface area contributed by atoms with Crippen molar-refractivity contribution >= 4 is 12.1 Å². The molecule has 0 fully saturated rings. The summed E-state index contributed by atoms with van der Waals surface area (Å²) >= 11 is 0. The van der Waals surface area contributed by atoms with E-state index < -0.39 is 0 Å². The Kier molecular flexibility index (Phi) is 7.67. The molecule has 2 rings (SSSR count). The van der Waals surface area contributed by atoms with Crippen molar-refractivity contribution in [2.75, 3.05) is 21.3 Å². The van der Waals surface area contributed by atoms with Gasteiger partial charge in [0.25, 0.3) is 0 Å². The molecule has 0 unspecified atom stereocenters. The van der Waals surface area contributed by atoms with E-state index in [0.717, 1.165) is 24.2 Å². The highest BCUT2D eigenvalue weighted by atomic mass is 16.5. The third-order valence-corrected chi connectivity index (χ3v) is 4.23. The fourth-order valence-electron chi connectivity index (χ4n) is 2.67. The minimum absolute atomic E-state index is 0.120. The lowest BCUT2D eigenvalue weighted by Gasteiger charge is -2.08. The zero-order chi connectivity index (χ0) is 19.6. The first-order valence-corrected chi connectivity index (χ1v) is 8.74. The number of rotatable bonds is 9. The minimum atomic E-state index is -0.120. The number of carbonyl (C=O) groups is 1. The van der Waals surface area contributed by atoms with Crippen LogP contribution in [0.15, 0.2) is 41.5 Å². The molecule has 1 N–H and O–H groups in total. The van der Waals surface area contributed by atoms with Crippen LogP contribution in [0, 0.1) is 6.92 Å². The van der Waals surface area contributed by atoms with Gasteiger partial charge in [0.05, 0.1) is 27.5 Å². The Morgan fingerprint density at radius 1 is 1.04 bits per heavy atom. The van der Waals surface area contributed by atoms with Gasteiger partial charge in [0.15, 0.2) is 0 Å². The highest BCUT2D eigenvalue weighted by Crippen LogP contribution is 2.23. The first-order chi connectivity index (χ1) is 13.1. The van der Waals surface area contributed by atoms with Crippen LogP contribution in [0.1, 0.15) is 29.5 Å². The van der Waals surface area contributed by atoms with Crippen molar-refractivity contribution in [1.29, 1.82) is 0 Å². The third kappa shape index (κ3) is 6.02. The lowest BCUT2D eigenvalue weighted by molar-refractivity contribution is -0.121. The highest BCUT2D eigenvalue weighted by molar-refractivity contribution is 5.85. The van der Waals surface area contributed by atoms with Crippen molar-refractivity contribution < 1.29 is 19.0 Å². The van der Waals surface area contributed by atoms with Gasteiger partial charge < -0.3 is 14.2 Å². The Morgan fingerprint density at radius 2 is 1.74 bits per heavy atom. The summed E-state index contributed by atoms with van der Waals surface area (Å²) in [6.45, 7) is 2.05. The van der Waals surface area contributed by atoms with Crippen molar-refractivity contribution in [2.45, 2.75) is 26.2 Å². The summed E-state index contributed by atoms with van der Waals surface area (Å²) in [7, 11) is 4.82. The number of hydrogen-bond donors (Lipinski definition) is 1. The summed E-state index contributed by atoms with van der Waals surface area (Å²) in [6, 6.07) is 11.4. The van der Waals surface area contributed by atoms with Crippen molar-refractivity contribution in [3.8, 4) is 17.2 Å². The topological polar surface area (TPSA) is 69.2 Å². The molecule has 0 aliphatic rings. The number of nitrogens with zero attached hydrogens (tertiary/aromatic N) is 1.